The average Bonchev–Trinajstić information content (AvgIpc) is 2.74. The van der Waals surface area contributed by atoms with Crippen molar-refractivity contribution in [3.8, 4) is 5.88 Å². The fourth-order valence-electron chi connectivity index (χ4n) is 3.73. The molecule has 1 N–H and O–H groups in total. The molecule has 0 fully saturated rings. The minimum absolute atomic E-state index is 0.105. The van der Waals surface area contributed by atoms with E-state index in [2.05, 4.69) is 44.5 Å². The van der Waals surface area contributed by atoms with Gasteiger partial charge < -0.3 is 15.0 Å². The van der Waals surface area contributed by atoms with Gasteiger partial charge in [-0.25, -0.2) is 4.98 Å². The molecule has 0 aliphatic carbocycles. The van der Waals surface area contributed by atoms with E-state index in [1.807, 2.05) is 39.0 Å². The average molecular weight is 402 g/mol. The van der Waals surface area contributed by atoms with E-state index in [0.29, 0.717) is 11.8 Å². The van der Waals surface area contributed by atoms with Crippen molar-refractivity contribution in [3.05, 3.63) is 76.5 Å². The maximum Gasteiger partial charge on any atom is 0.262 e. The second-order valence-electron chi connectivity index (χ2n) is 7.69. The topological polar surface area (TPSA) is 67.3 Å². The Morgan fingerprint density at radius 3 is 2.53 bits per heavy atom. The predicted molar refractivity (Wildman–Crippen MR) is 118 cm³/mol. The highest BCUT2D eigenvalue weighted by Gasteiger charge is 2.19. The van der Waals surface area contributed by atoms with Gasteiger partial charge in [-0.05, 0) is 49.4 Å². The highest BCUT2D eigenvalue weighted by atomic mass is 16.5. The molecule has 0 radical (unpaired) electrons. The molecule has 0 spiro atoms. The highest BCUT2D eigenvalue weighted by molar-refractivity contribution is 5.93. The van der Waals surface area contributed by atoms with Gasteiger partial charge >= 0.3 is 0 Å². The number of hydrogen-bond acceptors (Lipinski definition) is 5. The quantitative estimate of drug-likeness (QED) is 0.699. The van der Waals surface area contributed by atoms with Crippen molar-refractivity contribution in [3.63, 3.8) is 0 Å². The van der Waals surface area contributed by atoms with Gasteiger partial charge in [0.05, 0.1) is 0 Å². The summed E-state index contributed by atoms with van der Waals surface area (Å²) < 4.78 is 5.71. The van der Waals surface area contributed by atoms with Crippen LogP contribution in [0.25, 0.3) is 0 Å². The summed E-state index contributed by atoms with van der Waals surface area (Å²) >= 11 is 0. The van der Waals surface area contributed by atoms with Gasteiger partial charge in [0, 0.05) is 30.5 Å². The van der Waals surface area contributed by atoms with Crippen molar-refractivity contribution < 1.29 is 9.53 Å². The number of nitrogens with one attached hydrogen (secondary N) is 1. The second kappa shape index (κ2) is 8.53. The van der Waals surface area contributed by atoms with Crippen LogP contribution in [0.4, 0.5) is 11.6 Å². The monoisotopic (exact) mass is 402 g/mol. The SMILES string of the molecule is Cc1cc(OCC(=O)Nc2c(C)cccc2C)nc(N2CCc3ccccc3C2)n1. The molecule has 3 aromatic rings. The number of aryl methyl sites for hydroxylation is 3. The summed E-state index contributed by atoms with van der Waals surface area (Å²) in [5.41, 5.74) is 6.36. The number of carbonyl (C=O) groups excluding carboxylic acids is 1. The molecule has 0 saturated heterocycles. The molecule has 1 aliphatic heterocycles. The lowest BCUT2D eigenvalue weighted by Gasteiger charge is -2.29. The molecule has 0 atom stereocenters. The third-order valence-electron chi connectivity index (χ3n) is 5.33. The number of amides is 1. The summed E-state index contributed by atoms with van der Waals surface area (Å²) in [6, 6.07) is 16.1. The summed E-state index contributed by atoms with van der Waals surface area (Å²) in [5.74, 6) is 0.833. The molecule has 0 unspecified atom stereocenters. The number of benzene rings is 2. The minimum atomic E-state index is -0.211. The fourth-order valence-corrected chi connectivity index (χ4v) is 3.73. The number of hydrogen-bond donors (Lipinski definition) is 1. The number of ether oxygens (including phenoxy) is 1. The van der Waals surface area contributed by atoms with Crippen LogP contribution in [0.5, 0.6) is 5.88 Å². The van der Waals surface area contributed by atoms with E-state index in [0.717, 1.165) is 42.0 Å². The van der Waals surface area contributed by atoms with Crippen LogP contribution in [0.2, 0.25) is 0 Å². The number of para-hydroxylation sites is 1. The molecule has 6 heteroatoms. The standard InChI is InChI=1S/C24H26N4O2/c1-16-7-6-8-17(2)23(16)26-21(29)15-30-22-13-18(3)25-24(27-22)28-12-11-19-9-4-5-10-20(19)14-28/h4-10,13H,11-12,14-15H2,1-3H3,(H,26,29). The number of carbonyl (C=O) groups is 1. The minimum Gasteiger partial charge on any atom is -0.467 e. The van der Waals surface area contributed by atoms with Crippen molar-refractivity contribution in [2.24, 2.45) is 0 Å². The molecule has 1 amide bonds. The van der Waals surface area contributed by atoms with Crippen LogP contribution < -0.4 is 15.0 Å². The van der Waals surface area contributed by atoms with E-state index < -0.39 is 0 Å². The lowest BCUT2D eigenvalue weighted by Crippen LogP contribution is -2.32. The molecule has 6 nitrogen and oxygen atoms in total. The highest BCUT2D eigenvalue weighted by Crippen LogP contribution is 2.24. The number of anilines is 2. The van der Waals surface area contributed by atoms with Crippen molar-refractivity contribution in [2.75, 3.05) is 23.4 Å². The van der Waals surface area contributed by atoms with Crippen LogP contribution >= 0.6 is 0 Å². The molecular weight excluding hydrogens is 376 g/mol. The zero-order valence-corrected chi connectivity index (χ0v) is 17.6. The molecule has 0 saturated carbocycles. The Morgan fingerprint density at radius 1 is 1.03 bits per heavy atom. The lowest BCUT2D eigenvalue weighted by atomic mass is 10.0. The molecule has 1 aromatic heterocycles. The summed E-state index contributed by atoms with van der Waals surface area (Å²) in [5, 5.41) is 2.93. The first kappa shape index (κ1) is 19.9. The fraction of sp³-hybridized carbons (Fsp3) is 0.292. The van der Waals surface area contributed by atoms with Crippen molar-refractivity contribution in [1.82, 2.24) is 9.97 Å². The van der Waals surface area contributed by atoms with E-state index in [1.165, 1.54) is 11.1 Å². The van der Waals surface area contributed by atoms with Crippen LogP contribution in [0.3, 0.4) is 0 Å². The maximum absolute atomic E-state index is 12.4. The van der Waals surface area contributed by atoms with Crippen LogP contribution in [0, 0.1) is 20.8 Å². The Balaban J connectivity index is 1.43. The third-order valence-corrected chi connectivity index (χ3v) is 5.33. The summed E-state index contributed by atoms with van der Waals surface area (Å²) in [6.07, 6.45) is 0.960. The molecule has 30 heavy (non-hydrogen) atoms. The summed E-state index contributed by atoms with van der Waals surface area (Å²) in [4.78, 5) is 23.7. The Morgan fingerprint density at radius 2 is 1.77 bits per heavy atom. The molecular formula is C24H26N4O2. The van der Waals surface area contributed by atoms with Gasteiger partial charge in [-0.1, -0.05) is 42.5 Å². The Hall–Kier alpha value is -3.41. The summed E-state index contributed by atoms with van der Waals surface area (Å²) in [7, 11) is 0. The smallest absolute Gasteiger partial charge is 0.262 e. The Bertz CT molecular complexity index is 1060. The maximum atomic E-state index is 12.4. The first-order valence-electron chi connectivity index (χ1n) is 10.2. The zero-order chi connectivity index (χ0) is 21.1. The molecule has 0 bridgehead atoms. The molecule has 1 aliphatic rings. The van der Waals surface area contributed by atoms with Gasteiger partial charge in [-0.15, -0.1) is 0 Å². The molecule has 154 valence electrons. The number of rotatable bonds is 5. The van der Waals surface area contributed by atoms with Crippen molar-refractivity contribution in [2.45, 2.75) is 33.7 Å². The first-order chi connectivity index (χ1) is 14.5. The normalized spacial score (nSPS) is 13.0. The predicted octanol–water partition coefficient (Wildman–Crippen LogP) is 3.98. The van der Waals surface area contributed by atoms with Crippen molar-refractivity contribution in [1.29, 1.82) is 0 Å². The van der Waals surface area contributed by atoms with Crippen LogP contribution in [-0.4, -0.2) is 29.0 Å². The number of nitrogens with zero attached hydrogens (tertiary/aromatic N) is 3. The zero-order valence-electron chi connectivity index (χ0n) is 17.6. The molecule has 2 aromatic carbocycles. The van der Waals surface area contributed by atoms with Gasteiger partial charge in [-0.2, -0.15) is 4.98 Å². The molecule has 2 heterocycles. The van der Waals surface area contributed by atoms with Gasteiger partial charge in [-0.3, -0.25) is 4.79 Å². The Kier molecular flexibility index (Phi) is 5.65. The lowest BCUT2D eigenvalue weighted by molar-refractivity contribution is -0.118. The van der Waals surface area contributed by atoms with Crippen LogP contribution in [-0.2, 0) is 17.8 Å². The summed E-state index contributed by atoms with van der Waals surface area (Å²) in [6.45, 7) is 7.37. The van der Waals surface area contributed by atoms with Gasteiger partial charge in [0.2, 0.25) is 11.8 Å². The third kappa shape index (κ3) is 4.43. The Labute approximate surface area is 176 Å². The van der Waals surface area contributed by atoms with E-state index in [-0.39, 0.29) is 12.5 Å². The van der Waals surface area contributed by atoms with Gasteiger partial charge in [0.1, 0.15) is 0 Å². The number of fused-ring (bicyclic) bond motifs is 1. The van der Waals surface area contributed by atoms with Crippen LogP contribution in [0.15, 0.2) is 48.5 Å². The van der Waals surface area contributed by atoms with Crippen LogP contribution in [0.1, 0.15) is 27.9 Å². The van der Waals surface area contributed by atoms with Crippen molar-refractivity contribution >= 4 is 17.5 Å². The molecule has 4 rings (SSSR count). The van der Waals surface area contributed by atoms with E-state index in [1.54, 1.807) is 6.07 Å². The van der Waals surface area contributed by atoms with E-state index in [9.17, 15) is 4.79 Å². The number of aromatic nitrogens is 2. The van der Waals surface area contributed by atoms with Gasteiger partial charge in [0.15, 0.2) is 6.61 Å². The first-order valence-corrected chi connectivity index (χ1v) is 10.2. The van der Waals surface area contributed by atoms with E-state index in [4.69, 9.17) is 4.74 Å². The van der Waals surface area contributed by atoms with E-state index >= 15 is 0 Å². The second-order valence-corrected chi connectivity index (χ2v) is 7.69. The largest absolute Gasteiger partial charge is 0.467 e. The van der Waals surface area contributed by atoms with Gasteiger partial charge in [0.25, 0.3) is 5.91 Å².